The number of hydrogen-bond donors (Lipinski definition) is 2. The lowest BCUT2D eigenvalue weighted by Crippen LogP contribution is -2.34. The molecule has 1 aromatic heterocycles. The molecule has 0 spiro atoms. The van der Waals surface area contributed by atoms with Gasteiger partial charge in [-0.25, -0.2) is 0 Å². The number of aryl methyl sites for hydroxylation is 1. The minimum atomic E-state index is -0.646. The zero-order valence-electron chi connectivity index (χ0n) is 10.8. The van der Waals surface area contributed by atoms with Gasteiger partial charge in [0.05, 0.1) is 12.5 Å². The van der Waals surface area contributed by atoms with Gasteiger partial charge in [-0.05, 0) is 37.8 Å². The van der Waals surface area contributed by atoms with E-state index in [1.807, 2.05) is 12.1 Å². The van der Waals surface area contributed by atoms with Crippen molar-refractivity contribution in [3.63, 3.8) is 0 Å². The first kappa shape index (κ1) is 13.1. The summed E-state index contributed by atoms with van der Waals surface area (Å²) < 4.78 is 5.63. The van der Waals surface area contributed by atoms with Crippen molar-refractivity contribution in [3.8, 4) is 0 Å². The molecule has 0 bridgehead atoms. The summed E-state index contributed by atoms with van der Waals surface area (Å²) in [4.78, 5) is 10.8. The zero-order chi connectivity index (χ0) is 13.0. The predicted octanol–water partition coefficient (Wildman–Crippen LogP) is 2.58. The standard InChI is InChI=1S/C14H21NO3/c1-2-12-7-8-13(18-12)9-15-11-5-3-10(4-6-11)14(16)17/h7-8,10-11,15H,2-6,9H2,1H3,(H,16,17). The molecule has 0 amide bonds. The van der Waals surface area contributed by atoms with Crippen molar-refractivity contribution < 1.29 is 14.3 Å². The molecule has 4 nitrogen and oxygen atoms in total. The summed E-state index contributed by atoms with van der Waals surface area (Å²) in [5.74, 6) is 1.19. The molecule has 2 rings (SSSR count). The summed E-state index contributed by atoms with van der Waals surface area (Å²) in [7, 11) is 0. The molecule has 0 saturated heterocycles. The highest BCUT2D eigenvalue weighted by Crippen LogP contribution is 2.24. The van der Waals surface area contributed by atoms with Gasteiger partial charge in [-0.2, -0.15) is 0 Å². The van der Waals surface area contributed by atoms with Crippen LogP contribution >= 0.6 is 0 Å². The van der Waals surface area contributed by atoms with Crippen LogP contribution in [0.15, 0.2) is 16.5 Å². The second-order valence-electron chi connectivity index (χ2n) is 4.99. The largest absolute Gasteiger partial charge is 0.481 e. The number of carboxylic acids is 1. The van der Waals surface area contributed by atoms with Gasteiger partial charge in [0.15, 0.2) is 0 Å². The van der Waals surface area contributed by atoms with Gasteiger partial charge >= 0.3 is 5.97 Å². The Bertz CT molecular complexity index is 391. The monoisotopic (exact) mass is 251 g/mol. The summed E-state index contributed by atoms with van der Waals surface area (Å²) >= 11 is 0. The molecule has 0 unspecified atom stereocenters. The Hall–Kier alpha value is -1.29. The van der Waals surface area contributed by atoms with Gasteiger partial charge < -0.3 is 14.8 Å². The lowest BCUT2D eigenvalue weighted by Gasteiger charge is -2.26. The quantitative estimate of drug-likeness (QED) is 0.844. The maximum Gasteiger partial charge on any atom is 0.306 e. The molecule has 1 heterocycles. The number of carbonyl (C=O) groups is 1. The van der Waals surface area contributed by atoms with E-state index in [0.29, 0.717) is 6.04 Å². The van der Waals surface area contributed by atoms with E-state index in [1.165, 1.54) is 0 Å². The molecule has 1 saturated carbocycles. The maximum absolute atomic E-state index is 10.8. The highest BCUT2D eigenvalue weighted by Gasteiger charge is 2.25. The van der Waals surface area contributed by atoms with E-state index >= 15 is 0 Å². The van der Waals surface area contributed by atoms with Gasteiger partial charge in [-0.15, -0.1) is 0 Å². The summed E-state index contributed by atoms with van der Waals surface area (Å²) in [5.41, 5.74) is 0. The number of hydrogen-bond acceptors (Lipinski definition) is 3. The molecule has 1 fully saturated rings. The maximum atomic E-state index is 10.8. The van der Waals surface area contributed by atoms with E-state index in [-0.39, 0.29) is 5.92 Å². The van der Waals surface area contributed by atoms with E-state index in [9.17, 15) is 4.79 Å². The molecule has 1 aliphatic rings. The molecule has 0 aliphatic heterocycles. The minimum Gasteiger partial charge on any atom is -0.481 e. The predicted molar refractivity (Wildman–Crippen MR) is 68.3 cm³/mol. The molecule has 1 aliphatic carbocycles. The van der Waals surface area contributed by atoms with Crippen LogP contribution in [0.2, 0.25) is 0 Å². The Labute approximate surface area is 107 Å². The number of furan rings is 1. The van der Waals surface area contributed by atoms with Crippen LogP contribution in [0, 0.1) is 5.92 Å². The molecule has 18 heavy (non-hydrogen) atoms. The summed E-state index contributed by atoms with van der Waals surface area (Å²) in [6, 6.07) is 4.45. The number of rotatable bonds is 5. The van der Waals surface area contributed by atoms with E-state index in [2.05, 4.69) is 12.2 Å². The highest BCUT2D eigenvalue weighted by molar-refractivity contribution is 5.70. The molecule has 0 radical (unpaired) electrons. The fourth-order valence-corrected chi connectivity index (χ4v) is 2.50. The van der Waals surface area contributed by atoms with E-state index in [0.717, 1.165) is 50.2 Å². The van der Waals surface area contributed by atoms with Gasteiger partial charge in [0, 0.05) is 12.5 Å². The SMILES string of the molecule is CCc1ccc(CNC2CCC(C(=O)O)CC2)o1. The zero-order valence-corrected chi connectivity index (χ0v) is 10.8. The minimum absolute atomic E-state index is 0.140. The molecule has 1 aromatic rings. The van der Waals surface area contributed by atoms with Gasteiger partial charge in [0.2, 0.25) is 0 Å². The van der Waals surface area contributed by atoms with Crippen molar-refractivity contribution in [1.82, 2.24) is 5.32 Å². The first-order valence-electron chi connectivity index (χ1n) is 6.72. The average Bonchev–Trinajstić information content (AvgIpc) is 2.85. The summed E-state index contributed by atoms with van der Waals surface area (Å²) in [5, 5.41) is 12.4. The van der Waals surface area contributed by atoms with Gasteiger partial charge in [-0.3, -0.25) is 4.79 Å². The van der Waals surface area contributed by atoms with Gasteiger partial charge in [0.1, 0.15) is 11.5 Å². The molecular weight excluding hydrogens is 230 g/mol. The van der Waals surface area contributed by atoms with Crippen molar-refractivity contribution >= 4 is 5.97 Å². The molecule has 0 atom stereocenters. The molecule has 2 N–H and O–H groups in total. The van der Waals surface area contributed by atoms with Crippen LogP contribution in [0.5, 0.6) is 0 Å². The Morgan fingerprint density at radius 2 is 2.00 bits per heavy atom. The molecule has 0 aromatic carbocycles. The second kappa shape index (κ2) is 6.05. The van der Waals surface area contributed by atoms with E-state index < -0.39 is 5.97 Å². The third-order valence-corrected chi connectivity index (χ3v) is 3.71. The normalized spacial score (nSPS) is 24.1. The van der Waals surface area contributed by atoms with Crippen LogP contribution in [0.4, 0.5) is 0 Å². The van der Waals surface area contributed by atoms with Gasteiger partial charge in [0.25, 0.3) is 0 Å². The molecular formula is C14H21NO3. The van der Waals surface area contributed by atoms with Crippen molar-refractivity contribution in [1.29, 1.82) is 0 Å². The summed E-state index contributed by atoms with van der Waals surface area (Å²) in [6.07, 6.45) is 4.37. The first-order valence-corrected chi connectivity index (χ1v) is 6.72. The summed E-state index contributed by atoms with van der Waals surface area (Å²) in [6.45, 7) is 2.81. The van der Waals surface area contributed by atoms with Gasteiger partial charge in [-0.1, -0.05) is 6.92 Å². The van der Waals surface area contributed by atoms with Crippen LogP contribution in [-0.2, 0) is 17.8 Å². The van der Waals surface area contributed by atoms with Crippen LogP contribution < -0.4 is 5.32 Å². The van der Waals surface area contributed by atoms with Crippen molar-refractivity contribution in [2.24, 2.45) is 5.92 Å². The molecule has 4 heteroatoms. The number of aliphatic carboxylic acids is 1. The average molecular weight is 251 g/mol. The highest BCUT2D eigenvalue weighted by atomic mass is 16.4. The van der Waals surface area contributed by atoms with E-state index in [4.69, 9.17) is 9.52 Å². The Morgan fingerprint density at radius 1 is 1.33 bits per heavy atom. The Balaban J connectivity index is 1.73. The van der Waals surface area contributed by atoms with Crippen LogP contribution in [0.3, 0.4) is 0 Å². The van der Waals surface area contributed by atoms with E-state index in [1.54, 1.807) is 0 Å². The lowest BCUT2D eigenvalue weighted by atomic mass is 9.86. The Morgan fingerprint density at radius 3 is 2.56 bits per heavy atom. The van der Waals surface area contributed by atoms with Crippen LogP contribution in [0.1, 0.15) is 44.1 Å². The topological polar surface area (TPSA) is 62.5 Å². The van der Waals surface area contributed by atoms with Crippen LogP contribution in [0.25, 0.3) is 0 Å². The number of carboxylic acid groups (broad SMARTS) is 1. The molecule has 100 valence electrons. The van der Waals surface area contributed by atoms with Crippen molar-refractivity contribution in [2.45, 2.75) is 51.6 Å². The van der Waals surface area contributed by atoms with Crippen molar-refractivity contribution in [2.75, 3.05) is 0 Å². The fourth-order valence-electron chi connectivity index (χ4n) is 2.50. The smallest absolute Gasteiger partial charge is 0.306 e. The third-order valence-electron chi connectivity index (χ3n) is 3.71. The number of nitrogens with one attached hydrogen (secondary N) is 1. The Kier molecular flexibility index (Phi) is 4.42. The first-order chi connectivity index (χ1) is 8.69. The third kappa shape index (κ3) is 3.35. The van der Waals surface area contributed by atoms with Crippen LogP contribution in [-0.4, -0.2) is 17.1 Å². The van der Waals surface area contributed by atoms with Crippen molar-refractivity contribution in [3.05, 3.63) is 23.7 Å². The fraction of sp³-hybridized carbons (Fsp3) is 0.643. The lowest BCUT2D eigenvalue weighted by molar-refractivity contribution is -0.142. The second-order valence-corrected chi connectivity index (χ2v) is 4.99.